The molecule has 0 aliphatic heterocycles. The van der Waals surface area contributed by atoms with Gasteiger partial charge in [-0.25, -0.2) is 4.98 Å². The first kappa shape index (κ1) is 14.6. The highest BCUT2D eigenvalue weighted by Gasteiger charge is 2.21. The molecule has 0 aliphatic rings. The first-order valence-electron chi connectivity index (χ1n) is 6.13. The maximum Gasteiger partial charge on any atom is 0.0897 e. The molecule has 0 aromatic carbocycles. The lowest BCUT2D eigenvalue weighted by atomic mass is 10.1. The van der Waals surface area contributed by atoms with Gasteiger partial charge in [-0.3, -0.25) is 16.0 Å². The van der Waals surface area contributed by atoms with Crippen LogP contribution in [-0.4, -0.2) is 14.8 Å². The Kier molecular flexibility index (Phi) is 4.72. The molecular weight excluding hydrogens is 326 g/mol. The third-order valence-corrected chi connectivity index (χ3v) is 4.32. The van der Waals surface area contributed by atoms with Gasteiger partial charge in [-0.2, -0.15) is 5.10 Å². The van der Waals surface area contributed by atoms with E-state index in [1.165, 1.54) is 0 Å². The van der Waals surface area contributed by atoms with Crippen LogP contribution in [0.15, 0.2) is 16.0 Å². The summed E-state index contributed by atoms with van der Waals surface area (Å²) in [6.45, 7) is 6.21. The third-order valence-electron chi connectivity index (χ3n) is 2.89. The minimum atomic E-state index is -0.0132. The molecule has 0 spiro atoms. The molecule has 7 heteroatoms. The zero-order valence-electron chi connectivity index (χ0n) is 11.2. The van der Waals surface area contributed by atoms with Gasteiger partial charge in [0.25, 0.3) is 0 Å². The van der Waals surface area contributed by atoms with Crippen LogP contribution >= 0.6 is 27.3 Å². The largest absolute Gasteiger partial charge is 0.271 e. The van der Waals surface area contributed by atoms with Gasteiger partial charge >= 0.3 is 0 Å². The van der Waals surface area contributed by atoms with Crippen LogP contribution in [0.25, 0.3) is 0 Å². The summed E-state index contributed by atoms with van der Waals surface area (Å²) in [6.07, 6.45) is 2.56. The van der Waals surface area contributed by atoms with Crippen molar-refractivity contribution < 1.29 is 0 Å². The van der Waals surface area contributed by atoms with E-state index in [1.807, 2.05) is 17.8 Å². The average Bonchev–Trinajstić information content (AvgIpc) is 2.93. The van der Waals surface area contributed by atoms with Gasteiger partial charge in [-0.05, 0) is 36.7 Å². The van der Waals surface area contributed by atoms with Gasteiger partial charge < -0.3 is 0 Å². The molecule has 104 valence electrons. The summed E-state index contributed by atoms with van der Waals surface area (Å²) >= 11 is 5.20. The van der Waals surface area contributed by atoms with Gasteiger partial charge in [0.1, 0.15) is 0 Å². The smallest absolute Gasteiger partial charge is 0.0897 e. The zero-order chi connectivity index (χ0) is 14.0. The summed E-state index contributed by atoms with van der Waals surface area (Å²) in [5.41, 5.74) is 4.98. The van der Waals surface area contributed by atoms with Crippen molar-refractivity contribution in [2.75, 3.05) is 0 Å². The highest BCUT2D eigenvalue weighted by Crippen LogP contribution is 2.28. The van der Waals surface area contributed by atoms with Crippen molar-refractivity contribution >= 4 is 27.3 Å². The fourth-order valence-corrected chi connectivity index (χ4v) is 3.21. The van der Waals surface area contributed by atoms with E-state index < -0.39 is 0 Å². The number of hydrazine groups is 1. The maximum absolute atomic E-state index is 5.72. The molecule has 0 aliphatic carbocycles. The molecule has 0 saturated carbocycles. The average molecular weight is 344 g/mol. The number of hydrogen-bond acceptors (Lipinski definition) is 5. The van der Waals surface area contributed by atoms with Crippen molar-refractivity contribution in [2.45, 2.75) is 39.3 Å². The minimum absolute atomic E-state index is 0.0132. The van der Waals surface area contributed by atoms with Crippen LogP contribution in [0.2, 0.25) is 0 Å². The van der Waals surface area contributed by atoms with E-state index in [2.05, 4.69) is 50.7 Å². The van der Waals surface area contributed by atoms with Crippen LogP contribution in [0.1, 0.15) is 42.3 Å². The van der Waals surface area contributed by atoms with E-state index in [9.17, 15) is 0 Å². The second-order valence-corrected chi connectivity index (χ2v) is 6.61. The summed E-state index contributed by atoms with van der Waals surface area (Å²) in [5, 5.41) is 7.53. The molecule has 1 atom stereocenters. The lowest BCUT2D eigenvalue weighted by Gasteiger charge is -2.19. The van der Waals surface area contributed by atoms with Crippen molar-refractivity contribution in [3.05, 3.63) is 32.4 Å². The first-order valence-corrected chi connectivity index (χ1v) is 7.80. The molecule has 19 heavy (non-hydrogen) atoms. The van der Waals surface area contributed by atoms with Crippen molar-refractivity contribution in [1.29, 1.82) is 0 Å². The summed E-state index contributed by atoms with van der Waals surface area (Å²) < 4.78 is 2.95. The normalized spacial score (nSPS) is 13.2. The highest BCUT2D eigenvalue weighted by molar-refractivity contribution is 9.10. The molecule has 0 saturated heterocycles. The van der Waals surface area contributed by atoms with Crippen molar-refractivity contribution in [1.82, 2.24) is 20.2 Å². The molecule has 5 nitrogen and oxygen atoms in total. The number of rotatable bonds is 5. The van der Waals surface area contributed by atoms with Crippen molar-refractivity contribution in [3.63, 3.8) is 0 Å². The second kappa shape index (κ2) is 6.13. The number of nitrogens with two attached hydrogens (primary N) is 1. The second-order valence-electron chi connectivity index (χ2n) is 4.70. The first-order chi connectivity index (χ1) is 9.02. The van der Waals surface area contributed by atoms with Gasteiger partial charge in [0.15, 0.2) is 0 Å². The zero-order valence-corrected chi connectivity index (χ0v) is 13.6. The van der Waals surface area contributed by atoms with Gasteiger partial charge in [0.2, 0.25) is 0 Å². The molecule has 2 aromatic rings. The number of aryl methyl sites for hydroxylation is 1. The summed E-state index contributed by atoms with van der Waals surface area (Å²) in [5.74, 6) is 5.72. The summed E-state index contributed by atoms with van der Waals surface area (Å²) in [4.78, 5) is 4.49. The van der Waals surface area contributed by atoms with Crippen LogP contribution in [0.3, 0.4) is 0 Å². The lowest BCUT2D eigenvalue weighted by Crippen LogP contribution is -2.32. The Balaban J connectivity index is 2.29. The predicted molar refractivity (Wildman–Crippen MR) is 80.9 cm³/mol. The Hall–Kier alpha value is -0.760. The molecule has 3 N–H and O–H groups in total. The van der Waals surface area contributed by atoms with E-state index >= 15 is 0 Å². The van der Waals surface area contributed by atoms with Gasteiger partial charge in [0.05, 0.1) is 33.1 Å². The summed E-state index contributed by atoms with van der Waals surface area (Å²) in [7, 11) is 0. The van der Waals surface area contributed by atoms with E-state index in [0.717, 1.165) is 27.3 Å². The number of halogens is 1. The van der Waals surface area contributed by atoms with Crippen LogP contribution in [0.4, 0.5) is 0 Å². The Labute approximate surface area is 125 Å². The van der Waals surface area contributed by atoms with E-state index in [-0.39, 0.29) is 12.1 Å². The predicted octanol–water partition coefficient (Wildman–Crippen LogP) is 2.74. The van der Waals surface area contributed by atoms with E-state index in [1.54, 1.807) is 11.3 Å². The molecule has 0 amide bonds. The SMILES string of the molecule is Cc1nc(CC(NN)c2c(Br)cnn2C(C)C)cs1. The molecule has 2 heterocycles. The lowest BCUT2D eigenvalue weighted by molar-refractivity contribution is 0.445. The molecule has 1 unspecified atom stereocenters. The fourth-order valence-electron chi connectivity index (χ4n) is 2.03. The Morgan fingerprint density at radius 2 is 2.26 bits per heavy atom. The number of hydrogen-bond donors (Lipinski definition) is 2. The van der Waals surface area contributed by atoms with E-state index in [0.29, 0.717) is 0 Å². The number of aromatic nitrogens is 3. The van der Waals surface area contributed by atoms with E-state index in [4.69, 9.17) is 5.84 Å². The molecular formula is C12H18BrN5S. The van der Waals surface area contributed by atoms with Gasteiger partial charge in [0, 0.05) is 17.8 Å². The maximum atomic E-state index is 5.72. The molecule has 0 fully saturated rings. The number of nitrogens with zero attached hydrogens (tertiary/aromatic N) is 3. The number of thiazole rings is 1. The highest BCUT2D eigenvalue weighted by atomic mass is 79.9. The Bertz CT molecular complexity index is 548. The monoisotopic (exact) mass is 343 g/mol. The standard InChI is InChI=1S/C12H18BrN5S/c1-7(2)18-12(10(13)5-15-18)11(17-14)4-9-6-19-8(3)16-9/h5-7,11,17H,4,14H2,1-3H3. The van der Waals surface area contributed by atoms with Gasteiger partial charge in [-0.15, -0.1) is 11.3 Å². The van der Waals surface area contributed by atoms with Crippen LogP contribution in [0, 0.1) is 6.92 Å². The van der Waals surface area contributed by atoms with Crippen LogP contribution < -0.4 is 11.3 Å². The Morgan fingerprint density at radius 3 is 2.79 bits per heavy atom. The third kappa shape index (κ3) is 3.22. The molecule has 0 bridgehead atoms. The quantitative estimate of drug-likeness (QED) is 0.646. The Morgan fingerprint density at radius 1 is 1.53 bits per heavy atom. The fraction of sp³-hybridized carbons (Fsp3) is 0.500. The molecule has 2 rings (SSSR count). The summed E-state index contributed by atoms with van der Waals surface area (Å²) in [6, 6.07) is 0.273. The van der Waals surface area contributed by atoms with Crippen LogP contribution in [-0.2, 0) is 6.42 Å². The molecule has 2 aromatic heterocycles. The number of nitrogens with one attached hydrogen (secondary N) is 1. The van der Waals surface area contributed by atoms with Crippen LogP contribution in [0.5, 0.6) is 0 Å². The molecule has 0 radical (unpaired) electrons. The minimum Gasteiger partial charge on any atom is -0.271 e. The topological polar surface area (TPSA) is 68.8 Å². The van der Waals surface area contributed by atoms with Gasteiger partial charge in [-0.1, -0.05) is 0 Å². The van der Waals surface area contributed by atoms with Crippen molar-refractivity contribution in [3.8, 4) is 0 Å². The van der Waals surface area contributed by atoms with Crippen molar-refractivity contribution in [2.24, 2.45) is 5.84 Å².